The molecule has 0 unspecified atom stereocenters. The van der Waals surface area contributed by atoms with Crippen LogP contribution in [0.5, 0.6) is 5.75 Å². The number of hydrogen-bond acceptors (Lipinski definition) is 4. The highest BCUT2D eigenvalue weighted by molar-refractivity contribution is 5.85. The quantitative estimate of drug-likeness (QED) is 0.497. The van der Waals surface area contributed by atoms with E-state index in [9.17, 15) is 4.39 Å². The molecule has 6 heteroatoms. The molecule has 0 bridgehead atoms. The van der Waals surface area contributed by atoms with E-state index < -0.39 is 0 Å². The molecule has 0 radical (unpaired) electrons. The first-order valence-corrected chi connectivity index (χ1v) is 12.4. The van der Waals surface area contributed by atoms with Crippen LogP contribution >= 0.6 is 0 Å². The van der Waals surface area contributed by atoms with Gasteiger partial charge in [0.25, 0.3) is 0 Å². The Morgan fingerprint density at radius 2 is 2.12 bits per heavy atom. The molecule has 1 aromatic carbocycles. The zero-order chi connectivity index (χ0) is 23.1. The molecular formula is C28H31FN4O. The number of pyridine rings is 1. The predicted octanol–water partition coefficient (Wildman–Crippen LogP) is 5.15. The Balaban J connectivity index is 1.28. The van der Waals surface area contributed by atoms with Crippen LogP contribution in [0.3, 0.4) is 0 Å². The van der Waals surface area contributed by atoms with Crippen molar-refractivity contribution in [1.82, 2.24) is 19.8 Å². The highest BCUT2D eigenvalue weighted by Gasteiger charge is 2.38. The Hall–Kier alpha value is -3.08. The van der Waals surface area contributed by atoms with E-state index in [1.807, 2.05) is 6.20 Å². The van der Waals surface area contributed by atoms with Crippen molar-refractivity contribution in [3.8, 4) is 5.75 Å². The van der Waals surface area contributed by atoms with Gasteiger partial charge in [0.1, 0.15) is 17.9 Å². The molecule has 3 aromatic rings. The number of aromatic nitrogens is 2. The van der Waals surface area contributed by atoms with Gasteiger partial charge in [-0.2, -0.15) is 0 Å². The van der Waals surface area contributed by atoms with Gasteiger partial charge in [-0.3, -0.25) is 14.3 Å². The summed E-state index contributed by atoms with van der Waals surface area (Å²) in [5.74, 6) is 0.802. The number of ether oxygens (including phenoxy) is 1. The van der Waals surface area contributed by atoms with Crippen molar-refractivity contribution >= 4 is 10.9 Å². The number of nitrogens with one attached hydrogen (secondary N) is 1. The van der Waals surface area contributed by atoms with Crippen molar-refractivity contribution in [3.05, 3.63) is 77.1 Å². The van der Waals surface area contributed by atoms with Crippen molar-refractivity contribution in [3.63, 3.8) is 0 Å². The van der Waals surface area contributed by atoms with Crippen molar-refractivity contribution in [1.29, 1.82) is 0 Å². The Morgan fingerprint density at radius 3 is 2.88 bits per heavy atom. The van der Waals surface area contributed by atoms with Crippen molar-refractivity contribution in [2.24, 2.45) is 0 Å². The van der Waals surface area contributed by atoms with E-state index in [2.05, 4.69) is 69.9 Å². The third kappa shape index (κ3) is 3.81. The van der Waals surface area contributed by atoms with Gasteiger partial charge in [0.05, 0.1) is 24.3 Å². The molecule has 0 spiro atoms. The first-order chi connectivity index (χ1) is 16.7. The van der Waals surface area contributed by atoms with Gasteiger partial charge in [0.2, 0.25) is 0 Å². The average Bonchev–Trinajstić information content (AvgIpc) is 3.42. The molecule has 3 aliphatic rings. The number of aromatic amines is 1. The van der Waals surface area contributed by atoms with Crippen LogP contribution in [0, 0.1) is 0 Å². The molecule has 5 nitrogen and oxygen atoms in total. The Labute approximate surface area is 199 Å². The fraction of sp³-hybridized carbons (Fsp3) is 0.429. The highest BCUT2D eigenvalue weighted by atomic mass is 19.1. The molecule has 2 aromatic heterocycles. The molecule has 1 aliphatic carbocycles. The topological polar surface area (TPSA) is 44.4 Å². The number of H-pyrrole nitrogens is 1. The van der Waals surface area contributed by atoms with Gasteiger partial charge in [0.15, 0.2) is 0 Å². The maximum atomic E-state index is 12.5. The molecule has 2 aliphatic heterocycles. The van der Waals surface area contributed by atoms with Crippen LogP contribution < -0.4 is 4.74 Å². The Kier molecular flexibility index (Phi) is 5.64. The molecule has 1 saturated heterocycles. The number of halogens is 1. The molecule has 0 amide bonds. The lowest BCUT2D eigenvalue weighted by Crippen LogP contribution is -2.42. The van der Waals surface area contributed by atoms with E-state index in [0.29, 0.717) is 12.5 Å². The van der Waals surface area contributed by atoms with E-state index in [1.165, 1.54) is 27.9 Å². The SMILES string of the molecule is C[C@@H]1Cc2c([nH]c3ccccc23)[C@@H](c2ccc(O[C@H]3CCN(CCCF)C3)cn2)N1C1=C=CC1. The number of benzene rings is 1. The molecule has 3 atom stereocenters. The Morgan fingerprint density at radius 1 is 1.24 bits per heavy atom. The maximum absolute atomic E-state index is 12.5. The molecule has 1 fully saturated rings. The van der Waals surface area contributed by atoms with E-state index in [0.717, 1.165) is 50.3 Å². The summed E-state index contributed by atoms with van der Waals surface area (Å²) in [7, 11) is 0. The van der Waals surface area contributed by atoms with Crippen LogP contribution in [-0.2, 0) is 6.42 Å². The fourth-order valence-corrected chi connectivity index (χ4v) is 5.74. The van der Waals surface area contributed by atoms with Gasteiger partial charge < -0.3 is 14.6 Å². The minimum atomic E-state index is -0.255. The summed E-state index contributed by atoms with van der Waals surface area (Å²) in [5, 5.41) is 1.31. The van der Waals surface area contributed by atoms with Gasteiger partial charge in [-0.1, -0.05) is 18.2 Å². The molecule has 1 N–H and O–H groups in total. The highest BCUT2D eigenvalue weighted by Crippen LogP contribution is 2.43. The lowest BCUT2D eigenvalue weighted by Gasteiger charge is -2.43. The summed E-state index contributed by atoms with van der Waals surface area (Å²) >= 11 is 0. The van der Waals surface area contributed by atoms with E-state index in [4.69, 9.17) is 9.72 Å². The summed E-state index contributed by atoms with van der Waals surface area (Å²) < 4.78 is 18.7. The minimum Gasteiger partial charge on any atom is -0.487 e. The van der Waals surface area contributed by atoms with Gasteiger partial charge >= 0.3 is 0 Å². The number of rotatable bonds is 7. The number of nitrogens with zero attached hydrogens (tertiary/aromatic N) is 3. The smallest absolute Gasteiger partial charge is 0.138 e. The summed E-state index contributed by atoms with van der Waals surface area (Å²) in [5.41, 5.74) is 9.50. The second-order valence-electron chi connectivity index (χ2n) is 9.72. The van der Waals surface area contributed by atoms with Crippen LogP contribution in [0.4, 0.5) is 4.39 Å². The van der Waals surface area contributed by atoms with Crippen LogP contribution in [0.1, 0.15) is 49.2 Å². The van der Waals surface area contributed by atoms with Gasteiger partial charge in [-0.05, 0) is 56.0 Å². The average molecular weight is 459 g/mol. The predicted molar refractivity (Wildman–Crippen MR) is 132 cm³/mol. The number of likely N-dealkylation sites (tertiary alicyclic amines) is 1. The number of hydrogen-bond donors (Lipinski definition) is 1. The molecule has 4 heterocycles. The van der Waals surface area contributed by atoms with Crippen LogP contribution in [0.25, 0.3) is 10.9 Å². The third-order valence-electron chi connectivity index (χ3n) is 7.43. The second kappa shape index (κ2) is 8.94. The van der Waals surface area contributed by atoms with E-state index >= 15 is 0 Å². The monoisotopic (exact) mass is 458 g/mol. The van der Waals surface area contributed by atoms with E-state index in [-0.39, 0.29) is 18.8 Å². The van der Waals surface area contributed by atoms with Crippen molar-refractivity contribution in [2.75, 3.05) is 26.3 Å². The summed E-state index contributed by atoms with van der Waals surface area (Å²) in [6, 6.07) is 13.1. The number of fused-ring (bicyclic) bond motifs is 3. The first kappa shape index (κ1) is 21.5. The molecular weight excluding hydrogens is 427 g/mol. The second-order valence-corrected chi connectivity index (χ2v) is 9.72. The number of alkyl halides is 1. The molecule has 34 heavy (non-hydrogen) atoms. The normalized spacial score (nSPS) is 24.2. The van der Waals surface area contributed by atoms with Crippen LogP contribution in [0.2, 0.25) is 0 Å². The maximum Gasteiger partial charge on any atom is 0.138 e. The summed E-state index contributed by atoms with van der Waals surface area (Å²) in [6.07, 6.45) is 7.64. The fourth-order valence-electron chi connectivity index (χ4n) is 5.74. The van der Waals surface area contributed by atoms with Gasteiger partial charge in [0, 0.05) is 48.7 Å². The van der Waals surface area contributed by atoms with Gasteiger partial charge in [-0.25, -0.2) is 0 Å². The van der Waals surface area contributed by atoms with Crippen LogP contribution in [-0.4, -0.2) is 58.2 Å². The van der Waals surface area contributed by atoms with Crippen molar-refractivity contribution < 1.29 is 9.13 Å². The zero-order valence-electron chi connectivity index (χ0n) is 19.6. The van der Waals surface area contributed by atoms with Crippen molar-refractivity contribution in [2.45, 2.75) is 50.8 Å². The minimum absolute atomic E-state index is 0.0269. The molecule has 176 valence electrons. The van der Waals surface area contributed by atoms with Gasteiger partial charge in [-0.15, -0.1) is 5.73 Å². The van der Waals surface area contributed by atoms with E-state index in [1.54, 1.807) is 0 Å². The lowest BCUT2D eigenvalue weighted by molar-refractivity contribution is 0.189. The zero-order valence-corrected chi connectivity index (χ0v) is 19.6. The number of para-hydroxylation sites is 1. The van der Waals surface area contributed by atoms with Crippen LogP contribution in [0.15, 0.2) is 60.1 Å². The molecule has 6 rings (SSSR count). The standard InChI is InChI=1S/C28H31FN4O/c1-19-16-24-23-8-2-3-9-25(23)31-27(24)28(33(19)20-6-4-7-20)26-11-10-21(17-30-26)34-22-12-15-32(18-22)14-5-13-29/h2-4,8-11,17,19,22,28,31H,5-6,12-16,18H2,1H3/t19-,22+,28-/m1/s1. The summed E-state index contributed by atoms with van der Waals surface area (Å²) in [6.45, 7) is 4.68. The third-order valence-corrected chi connectivity index (χ3v) is 7.43. The molecule has 0 saturated carbocycles. The first-order valence-electron chi connectivity index (χ1n) is 12.4. The lowest BCUT2D eigenvalue weighted by atomic mass is 9.89. The summed E-state index contributed by atoms with van der Waals surface area (Å²) in [4.78, 5) is 13.4. The largest absolute Gasteiger partial charge is 0.487 e. The Bertz CT molecular complexity index is 1240.